The number of halogens is 3. The predicted octanol–water partition coefficient (Wildman–Crippen LogP) is 2.35. The van der Waals surface area contributed by atoms with Crippen LogP contribution in [0.2, 0.25) is 0 Å². The van der Waals surface area contributed by atoms with Gasteiger partial charge >= 0.3 is 12.7 Å². The molecule has 1 aromatic rings. The smallest absolute Gasteiger partial charge is 0.407 e. The summed E-state index contributed by atoms with van der Waals surface area (Å²) in [5.74, 6) is -1.63. The van der Waals surface area contributed by atoms with Gasteiger partial charge in [0, 0.05) is 6.54 Å². The second-order valence-corrected chi connectivity index (χ2v) is 5.93. The molecular weight excluding hydrogens is 331 g/mol. The Morgan fingerprint density at radius 3 is 2.46 bits per heavy atom. The third kappa shape index (κ3) is 6.25. The summed E-state index contributed by atoms with van der Waals surface area (Å²) < 4.78 is 47.6. The maximum absolute atomic E-state index is 13.8. The average molecular weight is 351 g/mol. The quantitative estimate of drug-likeness (QED) is 0.732. The van der Waals surface area contributed by atoms with E-state index in [2.05, 4.69) is 10.1 Å². The van der Waals surface area contributed by atoms with Crippen LogP contribution in [0.1, 0.15) is 32.4 Å². The maximum atomic E-state index is 13.8. The van der Waals surface area contributed by atoms with E-state index in [4.69, 9.17) is 4.74 Å². The van der Waals surface area contributed by atoms with Crippen molar-refractivity contribution in [2.24, 2.45) is 0 Å². The molecule has 0 spiro atoms. The minimum absolute atomic E-state index is 0.488. The van der Waals surface area contributed by atoms with Gasteiger partial charge in [-0.05, 0) is 32.9 Å². The van der Waals surface area contributed by atoms with E-state index in [1.54, 1.807) is 20.8 Å². The zero-order chi connectivity index (χ0) is 18.5. The van der Waals surface area contributed by atoms with Crippen molar-refractivity contribution >= 4 is 6.09 Å². The highest BCUT2D eigenvalue weighted by atomic mass is 19.3. The number of ether oxygens (including phenoxy) is 2. The third-order valence-electron chi connectivity index (χ3n) is 2.74. The van der Waals surface area contributed by atoms with Gasteiger partial charge in [-0.2, -0.15) is 8.78 Å². The van der Waals surface area contributed by atoms with Crippen LogP contribution in [0.3, 0.4) is 0 Å². The zero-order valence-electron chi connectivity index (χ0n) is 13.4. The molecule has 24 heavy (non-hydrogen) atoms. The van der Waals surface area contributed by atoms with Crippen molar-refractivity contribution in [2.75, 3.05) is 6.54 Å². The molecule has 0 aliphatic carbocycles. The second kappa shape index (κ2) is 8.20. The SMILES string of the molecule is CC(C)(C)OC(=O)NCC(O)C(O)c1c(F)cccc1OC(F)F. The first kappa shape index (κ1) is 20.0. The lowest BCUT2D eigenvalue weighted by Gasteiger charge is -2.23. The zero-order valence-corrected chi connectivity index (χ0v) is 13.4. The van der Waals surface area contributed by atoms with Crippen LogP contribution in [0.15, 0.2) is 18.2 Å². The molecule has 3 N–H and O–H groups in total. The van der Waals surface area contributed by atoms with Crippen LogP contribution in [-0.2, 0) is 4.74 Å². The molecule has 0 radical (unpaired) electrons. The topological polar surface area (TPSA) is 88.0 Å². The molecule has 0 fully saturated rings. The Kier molecular flexibility index (Phi) is 6.85. The highest BCUT2D eigenvalue weighted by Gasteiger charge is 2.27. The number of carbonyl (C=O) groups excluding carboxylic acids is 1. The van der Waals surface area contributed by atoms with Gasteiger partial charge in [0.25, 0.3) is 0 Å². The van der Waals surface area contributed by atoms with Crippen molar-refractivity contribution in [3.8, 4) is 5.75 Å². The van der Waals surface area contributed by atoms with E-state index in [9.17, 15) is 28.2 Å². The van der Waals surface area contributed by atoms with Gasteiger partial charge in [0.2, 0.25) is 0 Å². The Morgan fingerprint density at radius 1 is 1.29 bits per heavy atom. The lowest BCUT2D eigenvalue weighted by molar-refractivity contribution is -0.0542. The number of hydrogen-bond donors (Lipinski definition) is 3. The summed E-state index contributed by atoms with van der Waals surface area (Å²) in [5.41, 5.74) is -1.39. The number of nitrogens with one attached hydrogen (secondary N) is 1. The van der Waals surface area contributed by atoms with Crippen molar-refractivity contribution in [1.82, 2.24) is 5.32 Å². The number of alkyl carbamates (subject to hydrolysis) is 1. The molecule has 0 heterocycles. The van der Waals surface area contributed by atoms with Gasteiger partial charge in [-0.15, -0.1) is 0 Å². The summed E-state index contributed by atoms with van der Waals surface area (Å²) in [5, 5.41) is 22.1. The Bertz CT molecular complexity index is 563. The summed E-state index contributed by atoms with van der Waals surface area (Å²) in [6.45, 7) is 1.18. The van der Waals surface area contributed by atoms with Crippen LogP contribution in [0.4, 0.5) is 18.0 Å². The van der Waals surface area contributed by atoms with Gasteiger partial charge in [-0.3, -0.25) is 0 Å². The number of amides is 1. The number of aliphatic hydroxyl groups is 2. The minimum atomic E-state index is -3.23. The molecule has 0 aromatic heterocycles. The minimum Gasteiger partial charge on any atom is -0.444 e. The first-order valence-corrected chi connectivity index (χ1v) is 7.07. The van der Waals surface area contributed by atoms with Crippen molar-refractivity contribution in [3.05, 3.63) is 29.6 Å². The predicted molar refractivity (Wildman–Crippen MR) is 78.2 cm³/mol. The molecule has 1 aromatic carbocycles. The summed E-state index contributed by atoms with van der Waals surface area (Å²) in [7, 11) is 0. The van der Waals surface area contributed by atoms with Crippen LogP contribution in [-0.4, -0.2) is 41.2 Å². The number of hydrogen-bond acceptors (Lipinski definition) is 5. The average Bonchev–Trinajstić information content (AvgIpc) is 2.42. The number of carbonyl (C=O) groups is 1. The standard InChI is InChI=1S/C15H20F3NO5/c1-15(2,3)24-14(22)19-7-9(20)12(21)11-8(16)5-4-6-10(11)23-13(17)18/h4-6,9,12-13,20-21H,7H2,1-3H3,(H,19,22). The Hall–Kier alpha value is -2.00. The van der Waals surface area contributed by atoms with Crippen LogP contribution < -0.4 is 10.1 Å². The van der Waals surface area contributed by atoms with Gasteiger partial charge in [0.15, 0.2) is 0 Å². The van der Waals surface area contributed by atoms with Crippen molar-refractivity contribution in [2.45, 2.75) is 45.2 Å². The Morgan fingerprint density at radius 2 is 1.92 bits per heavy atom. The molecule has 0 aliphatic rings. The summed E-state index contributed by atoms with van der Waals surface area (Å²) in [6, 6.07) is 3.07. The first-order valence-electron chi connectivity index (χ1n) is 7.07. The molecular formula is C15H20F3NO5. The van der Waals surface area contributed by atoms with Crippen molar-refractivity contribution in [1.29, 1.82) is 0 Å². The maximum Gasteiger partial charge on any atom is 0.407 e. The molecule has 0 bridgehead atoms. The van der Waals surface area contributed by atoms with E-state index in [0.29, 0.717) is 0 Å². The van der Waals surface area contributed by atoms with Gasteiger partial charge < -0.3 is 25.0 Å². The number of benzene rings is 1. The monoisotopic (exact) mass is 351 g/mol. The van der Waals surface area contributed by atoms with E-state index in [-0.39, 0.29) is 0 Å². The van der Waals surface area contributed by atoms with Gasteiger partial charge in [-0.25, -0.2) is 9.18 Å². The fourth-order valence-corrected chi connectivity index (χ4v) is 1.81. The van der Waals surface area contributed by atoms with Gasteiger partial charge in [0.1, 0.15) is 29.4 Å². The van der Waals surface area contributed by atoms with Gasteiger partial charge in [0.05, 0.1) is 5.56 Å². The molecule has 0 saturated carbocycles. The van der Waals surface area contributed by atoms with E-state index < -0.39 is 54.2 Å². The molecule has 9 heteroatoms. The summed E-state index contributed by atoms with van der Waals surface area (Å²) >= 11 is 0. The number of aliphatic hydroxyl groups excluding tert-OH is 2. The lowest BCUT2D eigenvalue weighted by Crippen LogP contribution is -2.39. The Balaban J connectivity index is 2.79. The molecule has 136 valence electrons. The lowest BCUT2D eigenvalue weighted by atomic mass is 10.0. The van der Waals surface area contributed by atoms with E-state index in [0.717, 1.165) is 18.2 Å². The molecule has 2 unspecified atom stereocenters. The number of alkyl halides is 2. The van der Waals surface area contributed by atoms with Crippen molar-refractivity contribution in [3.63, 3.8) is 0 Å². The fraction of sp³-hybridized carbons (Fsp3) is 0.533. The highest BCUT2D eigenvalue weighted by Crippen LogP contribution is 2.31. The molecule has 1 amide bonds. The van der Waals surface area contributed by atoms with Crippen LogP contribution in [0.5, 0.6) is 5.75 Å². The molecule has 0 saturated heterocycles. The van der Waals surface area contributed by atoms with Crippen LogP contribution in [0, 0.1) is 5.82 Å². The summed E-state index contributed by atoms with van der Waals surface area (Å²) in [6.07, 6.45) is -4.42. The fourth-order valence-electron chi connectivity index (χ4n) is 1.81. The highest BCUT2D eigenvalue weighted by molar-refractivity contribution is 5.67. The molecule has 1 rings (SSSR count). The molecule has 6 nitrogen and oxygen atoms in total. The van der Waals surface area contributed by atoms with E-state index in [1.165, 1.54) is 0 Å². The first-order chi connectivity index (χ1) is 11.0. The van der Waals surface area contributed by atoms with Crippen molar-refractivity contribution < 1.29 is 37.7 Å². The van der Waals surface area contributed by atoms with E-state index >= 15 is 0 Å². The molecule has 0 aliphatic heterocycles. The Labute approximate surface area is 137 Å². The number of rotatable bonds is 6. The molecule has 2 atom stereocenters. The van der Waals surface area contributed by atoms with Gasteiger partial charge in [-0.1, -0.05) is 6.07 Å². The van der Waals surface area contributed by atoms with E-state index in [1.807, 2.05) is 0 Å². The normalized spacial score (nSPS) is 14.2. The van der Waals surface area contributed by atoms with Crippen LogP contribution in [0.25, 0.3) is 0 Å². The largest absolute Gasteiger partial charge is 0.444 e. The second-order valence-electron chi connectivity index (χ2n) is 5.93. The summed E-state index contributed by atoms with van der Waals surface area (Å²) in [4.78, 5) is 11.5. The third-order valence-corrected chi connectivity index (χ3v) is 2.74. The van der Waals surface area contributed by atoms with Crippen LogP contribution >= 0.6 is 0 Å².